The Balaban J connectivity index is 1.93. The SMILES string of the molecule is C[C@@H]1CCCN1C(=O)CC(N)/C=C/c1cccc([N+](=O)[O-])c1. The maximum atomic E-state index is 12.1. The van der Waals surface area contributed by atoms with Crippen LogP contribution >= 0.6 is 0 Å². The number of likely N-dealkylation sites (tertiary alicyclic amines) is 1. The van der Waals surface area contributed by atoms with Gasteiger partial charge in [0.05, 0.1) is 4.92 Å². The van der Waals surface area contributed by atoms with Gasteiger partial charge in [-0.15, -0.1) is 0 Å². The highest BCUT2D eigenvalue weighted by molar-refractivity contribution is 5.78. The van der Waals surface area contributed by atoms with Crippen LogP contribution in [0.4, 0.5) is 5.69 Å². The summed E-state index contributed by atoms with van der Waals surface area (Å²) in [4.78, 5) is 24.3. The van der Waals surface area contributed by atoms with Crippen LogP contribution < -0.4 is 5.73 Å². The van der Waals surface area contributed by atoms with E-state index in [0.29, 0.717) is 11.6 Å². The van der Waals surface area contributed by atoms with Crippen molar-refractivity contribution in [2.45, 2.75) is 38.3 Å². The summed E-state index contributed by atoms with van der Waals surface area (Å²) in [5.41, 5.74) is 6.71. The smallest absolute Gasteiger partial charge is 0.270 e. The summed E-state index contributed by atoms with van der Waals surface area (Å²) in [6.07, 6.45) is 5.79. The van der Waals surface area contributed by atoms with Gasteiger partial charge in [-0.05, 0) is 25.3 Å². The number of benzene rings is 1. The van der Waals surface area contributed by atoms with E-state index < -0.39 is 4.92 Å². The molecule has 2 N–H and O–H groups in total. The molecule has 1 aliphatic rings. The first-order valence-electron chi connectivity index (χ1n) is 7.45. The van der Waals surface area contributed by atoms with E-state index in [4.69, 9.17) is 5.73 Å². The molecule has 0 spiro atoms. The van der Waals surface area contributed by atoms with E-state index in [0.717, 1.165) is 19.4 Å². The second-order valence-electron chi connectivity index (χ2n) is 5.66. The Morgan fingerprint density at radius 3 is 3.00 bits per heavy atom. The van der Waals surface area contributed by atoms with Gasteiger partial charge < -0.3 is 10.6 Å². The van der Waals surface area contributed by atoms with E-state index in [9.17, 15) is 14.9 Å². The zero-order valence-electron chi connectivity index (χ0n) is 12.6. The quantitative estimate of drug-likeness (QED) is 0.668. The predicted octanol–water partition coefficient (Wildman–Crippen LogP) is 2.34. The molecule has 0 bridgehead atoms. The number of nitro groups is 1. The summed E-state index contributed by atoms with van der Waals surface area (Å²) in [5.74, 6) is 0.0705. The molecule has 0 aliphatic carbocycles. The Labute approximate surface area is 129 Å². The lowest BCUT2D eigenvalue weighted by Gasteiger charge is -2.22. The summed E-state index contributed by atoms with van der Waals surface area (Å²) in [7, 11) is 0. The van der Waals surface area contributed by atoms with E-state index >= 15 is 0 Å². The number of nitrogens with two attached hydrogens (primary N) is 1. The fourth-order valence-electron chi connectivity index (χ4n) is 2.67. The number of rotatable bonds is 5. The molecule has 0 radical (unpaired) electrons. The van der Waals surface area contributed by atoms with Gasteiger partial charge in [0.25, 0.3) is 5.69 Å². The molecule has 1 unspecified atom stereocenters. The lowest BCUT2D eigenvalue weighted by molar-refractivity contribution is -0.384. The van der Waals surface area contributed by atoms with Crippen molar-refractivity contribution in [2.24, 2.45) is 5.73 Å². The van der Waals surface area contributed by atoms with Gasteiger partial charge in [0.2, 0.25) is 5.91 Å². The molecule has 1 amide bonds. The first-order valence-corrected chi connectivity index (χ1v) is 7.45. The van der Waals surface area contributed by atoms with Crippen molar-refractivity contribution in [1.82, 2.24) is 4.90 Å². The molecule has 2 atom stereocenters. The molecule has 0 aromatic heterocycles. The molecule has 1 aliphatic heterocycles. The molecule has 1 aromatic rings. The van der Waals surface area contributed by atoms with Gasteiger partial charge in [-0.1, -0.05) is 24.3 Å². The minimum Gasteiger partial charge on any atom is -0.340 e. The van der Waals surface area contributed by atoms with Crippen molar-refractivity contribution in [3.8, 4) is 0 Å². The largest absolute Gasteiger partial charge is 0.340 e. The van der Waals surface area contributed by atoms with E-state index in [1.165, 1.54) is 12.1 Å². The van der Waals surface area contributed by atoms with Crippen LogP contribution in [0.1, 0.15) is 31.7 Å². The first-order chi connectivity index (χ1) is 10.5. The van der Waals surface area contributed by atoms with Crippen molar-refractivity contribution in [2.75, 3.05) is 6.54 Å². The highest BCUT2D eigenvalue weighted by atomic mass is 16.6. The average molecular weight is 303 g/mol. The van der Waals surface area contributed by atoms with Crippen LogP contribution in [0.15, 0.2) is 30.3 Å². The lowest BCUT2D eigenvalue weighted by atomic mass is 10.1. The maximum absolute atomic E-state index is 12.1. The number of hydrogen-bond donors (Lipinski definition) is 1. The molecule has 6 nitrogen and oxygen atoms in total. The van der Waals surface area contributed by atoms with Gasteiger partial charge in [-0.2, -0.15) is 0 Å². The number of hydrogen-bond acceptors (Lipinski definition) is 4. The normalized spacial score (nSPS) is 19.5. The van der Waals surface area contributed by atoms with Crippen LogP contribution in [0.5, 0.6) is 0 Å². The standard InChI is InChI=1S/C16H21N3O3/c1-12-4-3-9-18(12)16(20)11-14(17)8-7-13-5-2-6-15(10-13)19(21)22/h2,5-8,10,12,14H,3-4,9,11,17H2,1H3/b8-7+/t12-,14?/m1/s1. The van der Waals surface area contributed by atoms with Crippen molar-refractivity contribution in [1.29, 1.82) is 0 Å². The van der Waals surface area contributed by atoms with Gasteiger partial charge in [-0.25, -0.2) is 0 Å². The first kappa shape index (κ1) is 16.2. The molecular weight excluding hydrogens is 282 g/mol. The van der Waals surface area contributed by atoms with E-state index in [-0.39, 0.29) is 24.1 Å². The zero-order valence-corrected chi connectivity index (χ0v) is 12.6. The van der Waals surface area contributed by atoms with Crippen molar-refractivity contribution in [3.05, 3.63) is 46.0 Å². The molecule has 0 saturated carbocycles. The fourth-order valence-corrected chi connectivity index (χ4v) is 2.67. The second-order valence-corrected chi connectivity index (χ2v) is 5.66. The van der Waals surface area contributed by atoms with Crippen LogP contribution in [0, 0.1) is 10.1 Å². The van der Waals surface area contributed by atoms with Crippen molar-refractivity contribution >= 4 is 17.7 Å². The molecule has 1 fully saturated rings. The van der Waals surface area contributed by atoms with Crippen LogP contribution in [-0.4, -0.2) is 34.4 Å². The van der Waals surface area contributed by atoms with Gasteiger partial charge in [-0.3, -0.25) is 14.9 Å². The summed E-state index contributed by atoms with van der Waals surface area (Å²) in [5, 5.41) is 10.7. The molecule has 6 heteroatoms. The Hall–Kier alpha value is -2.21. The molecule has 1 heterocycles. The predicted molar refractivity (Wildman–Crippen MR) is 85.1 cm³/mol. The fraction of sp³-hybridized carbons (Fsp3) is 0.438. The topological polar surface area (TPSA) is 89.5 Å². The van der Waals surface area contributed by atoms with E-state index in [1.54, 1.807) is 24.3 Å². The van der Waals surface area contributed by atoms with Gasteiger partial charge in [0.1, 0.15) is 0 Å². The Morgan fingerprint density at radius 2 is 2.36 bits per heavy atom. The second kappa shape index (κ2) is 7.17. The molecular formula is C16H21N3O3. The van der Waals surface area contributed by atoms with Crippen molar-refractivity contribution in [3.63, 3.8) is 0 Å². The third-order valence-electron chi connectivity index (χ3n) is 3.90. The summed E-state index contributed by atoms with van der Waals surface area (Å²) >= 11 is 0. The molecule has 118 valence electrons. The monoisotopic (exact) mass is 303 g/mol. The number of carbonyl (C=O) groups is 1. The summed E-state index contributed by atoms with van der Waals surface area (Å²) in [6, 6.07) is 6.21. The van der Waals surface area contributed by atoms with Crippen LogP contribution in [0.2, 0.25) is 0 Å². The summed E-state index contributed by atoms with van der Waals surface area (Å²) in [6.45, 7) is 2.86. The number of nitro benzene ring substituents is 1. The summed E-state index contributed by atoms with van der Waals surface area (Å²) < 4.78 is 0. The Kier molecular flexibility index (Phi) is 5.27. The lowest BCUT2D eigenvalue weighted by Crippen LogP contribution is -2.37. The van der Waals surface area contributed by atoms with E-state index in [2.05, 4.69) is 6.92 Å². The van der Waals surface area contributed by atoms with Crippen LogP contribution in [-0.2, 0) is 4.79 Å². The van der Waals surface area contributed by atoms with Crippen LogP contribution in [0.3, 0.4) is 0 Å². The van der Waals surface area contributed by atoms with Crippen LogP contribution in [0.25, 0.3) is 6.08 Å². The number of amides is 1. The zero-order chi connectivity index (χ0) is 16.1. The minimum absolute atomic E-state index is 0.0395. The Bertz CT molecular complexity index is 586. The molecule has 1 saturated heterocycles. The number of nitrogens with zero attached hydrogens (tertiary/aromatic N) is 2. The third kappa shape index (κ3) is 4.14. The highest BCUT2D eigenvalue weighted by Gasteiger charge is 2.25. The maximum Gasteiger partial charge on any atom is 0.270 e. The van der Waals surface area contributed by atoms with Gasteiger partial charge in [0, 0.05) is 37.2 Å². The van der Waals surface area contributed by atoms with E-state index in [1.807, 2.05) is 4.90 Å². The van der Waals surface area contributed by atoms with Crippen molar-refractivity contribution < 1.29 is 9.72 Å². The number of carbonyl (C=O) groups excluding carboxylic acids is 1. The van der Waals surface area contributed by atoms with Gasteiger partial charge >= 0.3 is 0 Å². The molecule has 2 rings (SSSR count). The third-order valence-corrected chi connectivity index (χ3v) is 3.90. The average Bonchev–Trinajstić information content (AvgIpc) is 2.91. The van der Waals surface area contributed by atoms with Gasteiger partial charge in [0.15, 0.2) is 0 Å². The molecule has 22 heavy (non-hydrogen) atoms. The minimum atomic E-state index is -0.435. The number of non-ortho nitro benzene ring substituents is 1. The Morgan fingerprint density at radius 1 is 1.59 bits per heavy atom. The molecule has 1 aromatic carbocycles. The highest BCUT2D eigenvalue weighted by Crippen LogP contribution is 2.18.